The third-order valence-corrected chi connectivity index (χ3v) is 3.67. The molecule has 0 aliphatic carbocycles. The Balaban J connectivity index is 6.46. The van der Waals surface area contributed by atoms with E-state index in [-0.39, 0.29) is 0 Å². The Labute approximate surface area is 159 Å². The van der Waals surface area contributed by atoms with Gasteiger partial charge in [-0.3, -0.25) is 4.79 Å². The molecule has 0 saturated heterocycles. The van der Waals surface area contributed by atoms with Crippen molar-refractivity contribution in [2.45, 2.75) is 66.9 Å². The van der Waals surface area contributed by atoms with E-state index < -0.39 is 72.9 Å². The van der Waals surface area contributed by atoms with Crippen LogP contribution >= 0.6 is 0 Å². The van der Waals surface area contributed by atoms with Crippen molar-refractivity contribution in [1.29, 1.82) is 0 Å². The molecule has 0 unspecified atom stereocenters. The van der Waals surface area contributed by atoms with Gasteiger partial charge in [0, 0.05) is 12.8 Å². The summed E-state index contributed by atoms with van der Waals surface area (Å²) >= 11 is 0. The van der Waals surface area contributed by atoms with Crippen LogP contribution < -0.4 is 0 Å². The quantitative estimate of drug-likeness (QED) is 0.356. The fraction of sp³-hybridized carbons (Fsp3) is 0.917. The summed E-state index contributed by atoms with van der Waals surface area (Å²) in [4.78, 5) is 10.1. The normalized spacial score (nSPS) is 15.9. The average molecular weight is 506 g/mol. The highest BCUT2D eigenvalue weighted by Crippen LogP contribution is 2.64. The lowest BCUT2D eigenvalue weighted by atomic mass is 9.88. The molecule has 0 aromatic heterocycles. The van der Waals surface area contributed by atoms with E-state index in [2.05, 4.69) is 0 Å². The summed E-state index contributed by atoms with van der Waals surface area (Å²) in [7, 11) is 0. The minimum absolute atomic E-state index is 1.49. The Bertz CT molecular complexity index is 663. The Hall–Kier alpha value is -1.72. The van der Waals surface area contributed by atoms with E-state index >= 15 is 0 Å². The van der Waals surface area contributed by atoms with Gasteiger partial charge in [-0.25, -0.2) is 0 Å². The van der Waals surface area contributed by atoms with Crippen molar-refractivity contribution < 1.29 is 84.5 Å². The first-order valence-corrected chi connectivity index (χ1v) is 7.10. The first-order chi connectivity index (χ1) is 13.2. The summed E-state index contributed by atoms with van der Waals surface area (Å²) in [5, 5.41) is 8.09. The van der Waals surface area contributed by atoms with Crippen LogP contribution in [0.5, 0.6) is 0 Å². The van der Waals surface area contributed by atoms with Crippen LogP contribution in [0.1, 0.15) is 19.3 Å². The van der Waals surface area contributed by atoms with Gasteiger partial charge in [0.05, 0.1) is 0 Å². The standard InChI is InChI=1S/C12H7F17O2/c13-5(14,3-1-2-4(30)31)6(15,16)7(17,18)8(19,20)9(21,22)10(23,24)11(25,26)12(27,28)29/h1-3H2,(H,30,31). The first-order valence-electron chi connectivity index (χ1n) is 7.10. The molecule has 1 N–H and O–H groups in total. The summed E-state index contributed by atoms with van der Waals surface area (Å²) in [6.45, 7) is 0. The highest BCUT2D eigenvalue weighted by atomic mass is 19.4. The van der Waals surface area contributed by atoms with Gasteiger partial charge in [-0.05, 0) is 6.42 Å². The first kappa shape index (κ1) is 29.3. The van der Waals surface area contributed by atoms with E-state index in [1.54, 1.807) is 0 Å². The lowest BCUT2D eigenvalue weighted by Gasteiger charge is -2.42. The predicted octanol–water partition coefficient (Wildman–Crippen LogP) is 6.25. The molecule has 186 valence electrons. The molecule has 0 atom stereocenters. The van der Waals surface area contributed by atoms with Gasteiger partial charge in [-0.15, -0.1) is 0 Å². The van der Waals surface area contributed by atoms with Crippen molar-refractivity contribution in [2.75, 3.05) is 0 Å². The van der Waals surface area contributed by atoms with Crippen LogP contribution in [0.4, 0.5) is 74.6 Å². The van der Waals surface area contributed by atoms with Gasteiger partial charge in [0.15, 0.2) is 0 Å². The molecule has 0 aliphatic heterocycles. The number of hydrogen-bond acceptors (Lipinski definition) is 1. The molecule has 0 rings (SSSR count). The molecule has 0 amide bonds. The van der Waals surface area contributed by atoms with Gasteiger partial charge < -0.3 is 5.11 Å². The van der Waals surface area contributed by atoms with Gasteiger partial charge in [0.2, 0.25) is 0 Å². The minimum atomic E-state index is -8.66. The third kappa shape index (κ3) is 4.19. The van der Waals surface area contributed by atoms with Crippen LogP contribution in [0, 0.1) is 0 Å². The molecule has 0 spiro atoms. The number of alkyl halides is 17. The summed E-state index contributed by atoms with van der Waals surface area (Å²) in [5.74, 6) is -58.7. The Morgan fingerprint density at radius 3 is 1.10 bits per heavy atom. The fourth-order valence-electron chi connectivity index (χ4n) is 1.81. The Kier molecular flexibility index (Phi) is 7.27. The molecular formula is C12H7F17O2. The summed E-state index contributed by atoms with van der Waals surface area (Å²) in [6.07, 6.45) is -13.7. The zero-order valence-corrected chi connectivity index (χ0v) is 13.9. The maximum Gasteiger partial charge on any atom is 0.460 e. The van der Waals surface area contributed by atoms with Crippen LogP contribution in [0.15, 0.2) is 0 Å². The van der Waals surface area contributed by atoms with Crippen LogP contribution in [0.25, 0.3) is 0 Å². The summed E-state index contributed by atoms with van der Waals surface area (Å²) in [6, 6.07) is 0. The lowest BCUT2D eigenvalue weighted by Crippen LogP contribution is -2.74. The molecule has 0 heterocycles. The molecule has 0 saturated carbocycles. The second-order valence-electron chi connectivity index (χ2n) is 5.90. The van der Waals surface area contributed by atoms with Crippen molar-refractivity contribution in [2.24, 2.45) is 0 Å². The van der Waals surface area contributed by atoms with Crippen molar-refractivity contribution in [1.82, 2.24) is 0 Å². The van der Waals surface area contributed by atoms with Gasteiger partial charge in [-0.1, -0.05) is 0 Å². The molecule has 2 nitrogen and oxygen atoms in total. The van der Waals surface area contributed by atoms with Crippen LogP contribution in [0.3, 0.4) is 0 Å². The Morgan fingerprint density at radius 1 is 0.516 bits per heavy atom. The smallest absolute Gasteiger partial charge is 0.460 e. The van der Waals surface area contributed by atoms with E-state index in [1.807, 2.05) is 0 Å². The molecule has 19 heteroatoms. The topological polar surface area (TPSA) is 37.3 Å². The second kappa shape index (κ2) is 7.70. The van der Waals surface area contributed by atoms with Gasteiger partial charge in [-0.2, -0.15) is 74.6 Å². The number of halogens is 17. The van der Waals surface area contributed by atoms with E-state index in [1.165, 1.54) is 0 Å². The third-order valence-electron chi connectivity index (χ3n) is 3.67. The fourth-order valence-corrected chi connectivity index (χ4v) is 1.81. The van der Waals surface area contributed by atoms with Crippen molar-refractivity contribution in [3.8, 4) is 0 Å². The summed E-state index contributed by atoms with van der Waals surface area (Å²) < 4.78 is 219. The lowest BCUT2D eigenvalue weighted by molar-refractivity contribution is -0.461. The molecule has 31 heavy (non-hydrogen) atoms. The summed E-state index contributed by atoms with van der Waals surface area (Å²) in [5.41, 5.74) is 0. The van der Waals surface area contributed by atoms with Crippen LogP contribution in [0.2, 0.25) is 0 Å². The molecule has 0 radical (unpaired) electrons. The average Bonchev–Trinajstić information content (AvgIpc) is 2.51. The number of carboxylic acids is 1. The van der Waals surface area contributed by atoms with Gasteiger partial charge in [0.1, 0.15) is 0 Å². The second-order valence-corrected chi connectivity index (χ2v) is 5.90. The minimum Gasteiger partial charge on any atom is -0.481 e. The molecule has 0 fully saturated rings. The zero-order chi connectivity index (χ0) is 25.7. The number of carboxylic acid groups (broad SMARTS) is 1. The largest absolute Gasteiger partial charge is 0.481 e. The van der Waals surface area contributed by atoms with Gasteiger partial charge >= 0.3 is 53.6 Å². The van der Waals surface area contributed by atoms with E-state index in [0.29, 0.717) is 0 Å². The highest BCUT2D eigenvalue weighted by molar-refractivity contribution is 5.66. The van der Waals surface area contributed by atoms with Gasteiger partial charge in [0.25, 0.3) is 0 Å². The van der Waals surface area contributed by atoms with Crippen molar-refractivity contribution >= 4 is 5.97 Å². The molecule has 0 aromatic rings. The number of aliphatic carboxylic acids is 1. The molecule has 0 bridgehead atoms. The van der Waals surface area contributed by atoms with E-state index in [0.717, 1.165) is 0 Å². The number of rotatable bonds is 10. The molecular weight excluding hydrogens is 499 g/mol. The Morgan fingerprint density at radius 2 is 0.806 bits per heavy atom. The van der Waals surface area contributed by atoms with E-state index in [4.69, 9.17) is 5.11 Å². The van der Waals surface area contributed by atoms with E-state index in [9.17, 15) is 79.4 Å². The van der Waals surface area contributed by atoms with Crippen molar-refractivity contribution in [3.63, 3.8) is 0 Å². The van der Waals surface area contributed by atoms with Crippen molar-refractivity contribution in [3.05, 3.63) is 0 Å². The molecule has 0 aliphatic rings. The monoisotopic (exact) mass is 506 g/mol. The van der Waals surface area contributed by atoms with Crippen LogP contribution in [-0.2, 0) is 4.79 Å². The highest BCUT2D eigenvalue weighted by Gasteiger charge is 2.95. The zero-order valence-electron chi connectivity index (χ0n) is 13.9. The number of hydrogen-bond donors (Lipinski definition) is 1. The SMILES string of the molecule is O=C(O)CCCC(F)(F)C(F)(F)C(F)(F)C(F)(F)C(F)(F)C(F)(F)C(F)(F)C(F)(F)F. The maximum absolute atomic E-state index is 13.3. The number of carbonyl (C=O) groups is 1. The maximum atomic E-state index is 13.3. The van der Waals surface area contributed by atoms with Crippen LogP contribution in [-0.4, -0.2) is 58.7 Å². The predicted molar refractivity (Wildman–Crippen MR) is 62.2 cm³/mol. The molecule has 0 aromatic carbocycles.